The van der Waals surface area contributed by atoms with Crippen LogP contribution in [0.3, 0.4) is 0 Å². The van der Waals surface area contributed by atoms with Crippen LogP contribution in [0, 0.1) is 0 Å². The molecule has 1 N–H and O–H groups in total. The van der Waals surface area contributed by atoms with Crippen molar-refractivity contribution < 1.29 is 0 Å². The van der Waals surface area contributed by atoms with Gasteiger partial charge in [-0.25, -0.2) is 0 Å². The summed E-state index contributed by atoms with van der Waals surface area (Å²) in [5.41, 5.74) is 1.39. The van der Waals surface area contributed by atoms with E-state index in [0.717, 1.165) is 31.8 Å². The average Bonchev–Trinajstić information content (AvgIpc) is 2.38. The monoisotopic (exact) mass is 247 g/mol. The third kappa shape index (κ3) is 3.72. The fourth-order valence-electron chi connectivity index (χ4n) is 1.94. The summed E-state index contributed by atoms with van der Waals surface area (Å²) in [5, 5.41) is 6.03. The van der Waals surface area contributed by atoms with Crippen LogP contribution in [0.4, 0.5) is 0 Å². The van der Waals surface area contributed by atoms with E-state index in [4.69, 9.17) is 11.6 Å². The Bertz CT molecular complexity index is 467. The SMILES string of the molecule is ClCCCNCCc1ccc2ccccc2c1. The van der Waals surface area contributed by atoms with Gasteiger partial charge in [-0.3, -0.25) is 0 Å². The number of alkyl halides is 1. The van der Waals surface area contributed by atoms with Crippen LogP contribution in [0.1, 0.15) is 12.0 Å². The molecule has 0 spiro atoms. The van der Waals surface area contributed by atoms with Crippen LogP contribution in [0.25, 0.3) is 10.8 Å². The van der Waals surface area contributed by atoms with Crippen molar-refractivity contribution in [1.29, 1.82) is 0 Å². The Kier molecular flexibility index (Phi) is 4.84. The van der Waals surface area contributed by atoms with Gasteiger partial charge in [0.15, 0.2) is 0 Å². The fraction of sp³-hybridized carbons (Fsp3) is 0.333. The number of halogens is 1. The van der Waals surface area contributed by atoms with Crippen LogP contribution < -0.4 is 5.32 Å². The van der Waals surface area contributed by atoms with Crippen LogP contribution in [0.2, 0.25) is 0 Å². The lowest BCUT2D eigenvalue weighted by Crippen LogP contribution is -2.18. The molecule has 0 fully saturated rings. The molecule has 0 bridgehead atoms. The molecule has 0 amide bonds. The molecule has 0 heterocycles. The predicted octanol–water partition coefficient (Wildman–Crippen LogP) is 3.60. The molecule has 0 unspecified atom stereocenters. The molecule has 0 saturated heterocycles. The highest BCUT2D eigenvalue weighted by Crippen LogP contribution is 2.15. The molecule has 0 aliphatic carbocycles. The molecule has 90 valence electrons. The normalized spacial score (nSPS) is 10.9. The first-order valence-corrected chi connectivity index (χ1v) is 6.68. The van der Waals surface area contributed by atoms with Crippen LogP contribution in [-0.4, -0.2) is 19.0 Å². The first-order valence-electron chi connectivity index (χ1n) is 6.14. The van der Waals surface area contributed by atoms with Gasteiger partial charge in [-0.1, -0.05) is 42.5 Å². The lowest BCUT2D eigenvalue weighted by atomic mass is 10.1. The summed E-state index contributed by atoms with van der Waals surface area (Å²) >= 11 is 5.62. The van der Waals surface area contributed by atoms with Crippen LogP contribution >= 0.6 is 11.6 Å². The Morgan fingerprint density at radius 2 is 1.76 bits per heavy atom. The standard InChI is InChI=1S/C15H18ClN/c16-9-3-10-17-11-8-13-6-7-14-4-1-2-5-15(14)12-13/h1-2,4-7,12,17H,3,8-11H2. The third-order valence-electron chi connectivity index (χ3n) is 2.89. The molecule has 0 aliphatic heterocycles. The van der Waals surface area contributed by atoms with Gasteiger partial charge in [-0.05, 0) is 42.3 Å². The van der Waals surface area contributed by atoms with E-state index in [9.17, 15) is 0 Å². The van der Waals surface area contributed by atoms with Crippen LogP contribution in [0.5, 0.6) is 0 Å². The second kappa shape index (κ2) is 6.63. The van der Waals surface area contributed by atoms with Crippen molar-refractivity contribution in [3.8, 4) is 0 Å². The highest BCUT2D eigenvalue weighted by Gasteiger charge is 1.96. The topological polar surface area (TPSA) is 12.0 Å². The minimum atomic E-state index is 0.739. The zero-order valence-corrected chi connectivity index (χ0v) is 10.7. The molecule has 2 rings (SSSR count). The Labute approximate surface area is 108 Å². The molecular weight excluding hydrogens is 230 g/mol. The largest absolute Gasteiger partial charge is 0.316 e. The van der Waals surface area contributed by atoms with E-state index in [0.29, 0.717) is 0 Å². The maximum Gasteiger partial charge on any atom is 0.0235 e. The van der Waals surface area contributed by atoms with Gasteiger partial charge >= 0.3 is 0 Å². The van der Waals surface area contributed by atoms with Gasteiger partial charge in [0.05, 0.1) is 0 Å². The Morgan fingerprint density at radius 3 is 2.59 bits per heavy atom. The molecule has 0 aromatic heterocycles. The third-order valence-corrected chi connectivity index (χ3v) is 3.16. The molecule has 0 saturated carbocycles. The summed E-state index contributed by atoms with van der Waals surface area (Å²) in [7, 11) is 0. The maximum atomic E-state index is 5.62. The highest BCUT2D eigenvalue weighted by molar-refractivity contribution is 6.17. The van der Waals surface area contributed by atoms with Crippen molar-refractivity contribution in [3.05, 3.63) is 48.0 Å². The molecule has 1 nitrogen and oxygen atoms in total. The average molecular weight is 248 g/mol. The summed E-state index contributed by atoms with van der Waals surface area (Å²) < 4.78 is 0. The van der Waals surface area contributed by atoms with E-state index in [1.807, 2.05) is 0 Å². The minimum absolute atomic E-state index is 0.739. The maximum absolute atomic E-state index is 5.62. The minimum Gasteiger partial charge on any atom is -0.316 e. The zero-order chi connectivity index (χ0) is 11.9. The molecule has 2 heteroatoms. The van der Waals surface area contributed by atoms with E-state index in [1.165, 1.54) is 16.3 Å². The van der Waals surface area contributed by atoms with Crippen molar-refractivity contribution >= 4 is 22.4 Å². The van der Waals surface area contributed by atoms with Gasteiger partial charge in [-0.15, -0.1) is 11.6 Å². The second-order valence-electron chi connectivity index (χ2n) is 4.22. The van der Waals surface area contributed by atoms with Crippen molar-refractivity contribution in [3.63, 3.8) is 0 Å². The summed E-state index contributed by atoms with van der Waals surface area (Å²) in [6.07, 6.45) is 2.12. The smallest absolute Gasteiger partial charge is 0.0235 e. The Morgan fingerprint density at radius 1 is 0.941 bits per heavy atom. The molecule has 2 aromatic carbocycles. The lowest BCUT2D eigenvalue weighted by molar-refractivity contribution is 0.673. The van der Waals surface area contributed by atoms with E-state index in [-0.39, 0.29) is 0 Å². The van der Waals surface area contributed by atoms with Crippen LogP contribution in [-0.2, 0) is 6.42 Å². The Hall–Kier alpha value is -1.05. The first kappa shape index (κ1) is 12.4. The zero-order valence-electron chi connectivity index (χ0n) is 9.95. The van der Waals surface area contributed by atoms with E-state index in [1.54, 1.807) is 0 Å². The van der Waals surface area contributed by atoms with Gasteiger partial charge in [0, 0.05) is 5.88 Å². The van der Waals surface area contributed by atoms with Crippen molar-refractivity contribution in [1.82, 2.24) is 5.32 Å². The number of rotatable bonds is 6. The van der Waals surface area contributed by atoms with E-state index < -0.39 is 0 Å². The van der Waals surface area contributed by atoms with Crippen molar-refractivity contribution in [2.75, 3.05) is 19.0 Å². The van der Waals surface area contributed by atoms with Crippen molar-refractivity contribution in [2.45, 2.75) is 12.8 Å². The Balaban J connectivity index is 1.90. The number of benzene rings is 2. The quantitative estimate of drug-likeness (QED) is 0.608. The second-order valence-corrected chi connectivity index (χ2v) is 4.60. The number of nitrogens with one attached hydrogen (secondary N) is 1. The summed E-state index contributed by atoms with van der Waals surface area (Å²) in [6.45, 7) is 2.03. The summed E-state index contributed by atoms with van der Waals surface area (Å²) in [5.74, 6) is 0.739. The van der Waals surface area contributed by atoms with Gasteiger partial charge in [0.1, 0.15) is 0 Å². The molecule has 2 aromatic rings. The molecule has 0 radical (unpaired) electrons. The first-order chi connectivity index (χ1) is 8.40. The van der Waals surface area contributed by atoms with Crippen LogP contribution in [0.15, 0.2) is 42.5 Å². The molecular formula is C15H18ClN. The molecule has 0 aliphatic rings. The highest BCUT2D eigenvalue weighted by atomic mass is 35.5. The number of hydrogen-bond donors (Lipinski definition) is 1. The predicted molar refractivity (Wildman–Crippen MR) is 75.9 cm³/mol. The fourth-order valence-corrected chi connectivity index (χ4v) is 2.08. The number of hydrogen-bond acceptors (Lipinski definition) is 1. The van der Waals surface area contributed by atoms with Crippen molar-refractivity contribution in [2.24, 2.45) is 0 Å². The van der Waals surface area contributed by atoms with E-state index >= 15 is 0 Å². The summed E-state index contributed by atoms with van der Waals surface area (Å²) in [6, 6.07) is 15.2. The molecule has 17 heavy (non-hydrogen) atoms. The van der Waals surface area contributed by atoms with Gasteiger partial charge in [-0.2, -0.15) is 0 Å². The lowest BCUT2D eigenvalue weighted by Gasteiger charge is -2.05. The molecule has 0 atom stereocenters. The summed E-state index contributed by atoms with van der Waals surface area (Å²) in [4.78, 5) is 0. The van der Waals surface area contributed by atoms with E-state index in [2.05, 4.69) is 47.8 Å². The van der Waals surface area contributed by atoms with Gasteiger partial charge in [0.25, 0.3) is 0 Å². The van der Waals surface area contributed by atoms with Gasteiger partial charge in [0.2, 0.25) is 0 Å². The van der Waals surface area contributed by atoms with Gasteiger partial charge < -0.3 is 5.32 Å². The number of fused-ring (bicyclic) bond motifs is 1.